The zero-order chi connectivity index (χ0) is 26.4. The summed E-state index contributed by atoms with van der Waals surface area (Å²) in [5.41, 5.74) is 2.11. The van der Waals surface area contributed by atoms with Crippen molar-refractivity contribution in [1.29, 1.82) is 0 Å². The van der Waals surface area contributed by atoms with Crippen LogP contribution in [0.4, 0.5) is 13.2 Å². The standard InChI is InChI=1S/C32H35F3O2/c1-3-5-7-22-10-19-29(28(33)20-22)37-32(36)25-15-13-24(14-16-25)27-18-17-26(30(34)31(27)35)23-11-8-21(6-4-2)9-12-23/h10,13-21,23H,3-9,11-12H2,1-2H3. The topological polar surface area (TPSA) is 26.3 Å². The minimum Gasteiger partial charge on any atom is -0.420 e. The molecule has 1 saturated carbocycles. The molecule has 0 saturated heterocycles. The van der Waals surface area contributed by atoms with Crippen molar-refractivity contribution in [2.45, 2.75) is 77.6 Å². The van der Waals surface area contributed by atoms with E-state index in [1.807, 2.05) is 0 Å². The number of halogens is 3. The van der Waals surface area contributed by atoms with E-state index in [1.165, 1.54) is 30.7 Å². The van der Waals surface area contributed by atoms with Gasteiger partial charge < -0.3 is 4.74 Å². The number of esters is 1. The third-order valence-electron chi connectivity index (χ3n) is 7.55. The molecule has 1 aliphatic rings. The van der Waals surface area contributed by atoms with E-state index in [1.54, 1.807) is 30.3 Å². The second-order valence-electron chi connectivity index (χ2n) is 10.2. The molecule has 0 amide bonds. The summed E-state index contributed by atoms with van der Waals surface area (Å²) in [7, 11) is 0. The van der Waals surface area contributed by atoms with Crippen LogP contribution in [-0.2, 0) is 6.42 Å². The third-order valence-corrected chi connectivity index (χ3v) is 7.55. The van der Waals surface area contributed by atoms with E-state index in [9.17, 15) is 9.18 Å². The first kappa shape index (κ1) is 27.0. The first-order valence-corrected chi connectivity index (χ1v) is 13.5. The summed E-state index contributed by atoms with van der Waals surface area (Å²) in [6.45, 7) is 4.25. The van der Waals surface area contributed by atoms with E-state index in [0.29, 0.717) is 17.0 Å². The number of benzene rings is 3. The lowest BCUT2D eigenvalue weighted by Gasteiger charge is -2.29. The fourth-order valence-electron chi connectivity index (χ4n) is 5.38. The van der Waals surface area contributed by atoms with Crippen molar-refractivity contribution in [1.82, 2.24) is 0 Å². The highest BCUT2D eigenvalue weighted by Crippen LogP contribution is 2.40. The van der Waals surface area contributed by atoms with Crippen LogP contribution in [0.1, 0.15) is 92.6 Å². The lowest BCUT2D eigenvalue weighted by atomic mass is 9.77. The summed E-state index contributed by atoms with van der Waals surface area (Å²) in [6.07, 6.45) is 8.99. The lowest BCUT2D eigenvalue weighted by molar-refractivity contribution is 0.0728. The molecule has 37 heavy (non-hydrogen) atoms. The SMILES string of the molecule is CCCCc1ccc(OC(=O)c2ccc(-c3ccc(C4CCC(CCC)CC4)c(F)c3F)cc2)c(F)c1. The van der Waals surface area contributed by atoms with Crippen LogP contribution >= 0.6 is 0 Å². The van der Waals surface area contributed by atoms with Crippen LogP contribution in [0.25, 0.3) is 11.1 Å². The van der Waals surface area contributed by atoms with E-state index in [0.717, 1.165) is 56.9 Å². The molecule has 196 valence electrons. The van der Waals surface area contributed by atoms with Crippen molar-refractivity contribution in [2.24, 2.45) is 5.92 Å². The monoisotopic (exact) mass is 508 g/mol. The van der Waals surface area contributed by atoms with E-state index in [2.05, 4.69) is 13.8 Å². The van der Waals surface area contributed by atoms with Gasteiger partial charge in [-0.2, -0.15) is 0 Å². The van der Waals surface area contributed by atoms with Gasteiger partial charge in [0, 0.05) is 5.56 Å². The van der Waals surface area contributed by atoms with Gasteiger partial charge in [0.1, 0.15) is 0 Å². The summed E-state index contributed by atoms with van der Waals surface area (Å²) in [5.74, 6) is -2.34. The number of carbonyl (C=O) groups excluding carboxylic acids is 1. The van der Waals surface area contributed by atoms with Gasteiger partial charge in [-0.3, -0.25) is 0 Å². The molecular formula is C32H35F3O2. The molecule has 0 spiro atoms. The number of unbranched alkanes of at least 4 members (excludes halogenated alkanes) is 1. The van der Waals surface area contributed by atoms with Gasteiger partial charge in [-0.15, -0.1) is 0 Å². The Labute approximate surface area is 217 Å². The quantitative estimate of drug-likeness (QED) is 0.213. The average molecular weight is 509 g/mol. The molecule has 0 unspecified atom stereocenters. The van der Waals surface area contributed by atoms with E-state index in [-0.39, 0.29) is 22.8 Å². The number of rotatable bonds is 9. The number of hydrogen-bond donors (Lipinski definition) is 0. The Morgan fingerprint density at radius 1 is 0.865 bits per heavy atom. The molecule has 3 aromatic carbocycles. The molecule has 0 radical (unpaired) electrons. The van der Waals surface area contributed by atoms with Gasteiger partial charge in [0.25, 0.3) is 0 Å². The zero-order valence-corrected chi connectivity index (χ0v) is 21.7. The van der Waals surface area contributed by atoms with Crippen molar-refractivity contribution in [3.63, 3.8) is 0 Å². The molecule has 0 bridgehead atoms. The molecular weight excluding hydrogens is 473 g/mol. The summed E-state index contributed by atoms with van der Waals surface area (Å²) in [4.78, 5) is 12.6. The Kier molecular flexibility index (Phi) is 9.07. The molecule has 1 fully saturated rings. The maximum absolute atomic E-state index is 15.1. The minimum atomic E-state index is -0.867. The Balaban J connectivity index is 1.44. The number of hydrogen-bond acceptors (Lipinski definition) is 2. The molecule has 0 heterocycles. The Morgan fingerprint density at radius 2 is 1.59 bits per heavy atom. The molecule has 0 aliphatic heterocycles. The molecule has 3 aromatic rings. The Bertz CT molecular complexity index is 1210. The predicted octanol–water partition coefficient (Wildman–Crippen LogP) is 9.41. The van der Waals surface area contributed by atoms with Gasteiger partial charge >= 0.3 is 5.97 Å². The molecule has 4 rings (SSSR count). The van der Waals surface area contributed by atoms with E-state index in [4.69, 9.17) is 4.74 Å². The molecule has 0 aromatic heterocycles. The molecule has 0 atom stereocenters. The van der Waals surface area contributed by atoms with Gasteiger partial charge in [-0.05, 0) is 91.3 Å². The number of ether oxygens (including phenoxy) is 1. The number of aryl methyl sites for hydroxylation is 1. The van der Waals surface area contributed by atoms with Crippen LogP contribution in [0.15, 0.2) is 54.6 Å². The largest absolute Gasteiger partial charge is 0.420 e. The number of carbonyl (C=O) groups is 1. The van der Waals surface area contributed by atoms with Crippen molar-refractivity contribution < 1.29 is 22.7 Å². The van der Waals surface area contributed by atoms with Crippen LogP contribution in [0.5, 0.6) is 5.75 Å². The molecule has 0 N–H and O–H groups in total. The highest BCUT2D eigenvalue weighted by atomic mass is 19.2. The maximum atomic E-state index is 15.1. The molecule has 5 heteroatoms. The van der Waals surface area contributed by atoms with Gasteiger partial charge in [-0.1, -0.05) is 63.4 Å². The Morgan fingerprint density at radius 3 is 2.24 bits per heavy atom. The van der Waals surface area contributed by atoms with Gasteiger partial charge in [0.2, 0.25) is 0 Å². The maximum Gasteiger partial charge on any atom is 0.343 e. The first-order chi connectivity index (χ1) is 17.9. The molecule has 2 nitrogen and oxygen atoms in total. The Hall–Kier alpha value is -3.08. The van der Waals surface area contributed by atoms with Crippen LogP contribution < -0.4 is 4.74 Å². The normalized spacial score (nSPS) is 17.5. The second-order valence-corrected chi connectivity index (χ2v) is 10.2. The smallest absolute Gasteiger partial charge is 0.343 e. The third kappa shape index (κ3) is 6.44. The van der Waals surface area contributed by atoms with Crippen molar-refractivity contribution in [3.05, 3.63) is 88.7 Å². The summed E-state index contributed by atoms with van der Waals surface area (Å²) >= 11 is 0. The van der Waals surface area contributed by atoms with Crippen molar-refractivity contribution in [3.8, 4) is 16.9 Å². The van der Waals surface area contributed by atoms with Crippen LogP contribution in [0.3, 0.4) is 0 Å². The van der Waals surface area contributed by atoms with Gasteiger partial charge in [0.15, 0.2) is 23.2 Å². The van der Waals surface area contributed by atoms with E-state index >= 15 is 8.78 Å². The highest BCUT2D eigenvalue weighted by molar-refractivity contribution is 5.91. The summed E-state index contributed by atoms with van der Waals surface area (Å²) < 4.78 is 49.8. The zero-order valence-electron chi connectivity index (χ0n) is 21.7. The van der Waals surface area contributed by atoms with Crippen molar-refractivity contribution in [2.75, 3.05) is 0 Å². The van der Waals surface area contributed by atoms with Gasteiger partial charge in [0.05, 0.1) is 5.56 Å². The van der Waals surface area contributed by atoms with Crippen LogP contribution in [-0.4, -0.2) is 5.97 Å². The lowest BCUT2D eigenvalue weighted by Crippen LogP contribution is -2.15. The molecule has 1 aliphatic carbocycles. The average Bonchev–Trinajstić information content (AvgIpc) is 2.91. The highest BCUT2D eigenvalue weighted by Gasteiger charge is 2.26. The fourth-order valence-corrected chi connectivity index (χ4v) is 5.38. The fraction of sp³-hybridized carbons (Fsp3) is 0.406. The van der Waals surface area contributed by atoms with Crippen molar-refractivity contribution >= 4 is 5.97 Å². The minimum absolute atomic E-state index is 0.0508. The van der Waals surface area contributed by atoms with Gasteiger partial charge in [-0.25, -0.2) is 18.0 Å². The predicted molar refractivity (Wildman–Crippen MR) is 141 cm³/mol. The van der Waals surface area contributed by atoms with E-state index < -0.39 is 23.4 Å². The summed E-state index contributed by atoms with van der Waals surface area (Å²) in [5, 5.41) is 0. The first-order valence-electron chi connectivity index (χ1n) is 13.5. The van der Waals surface area contributed by atoms with Crippen LogP contribution in [0.2, 0.25) is 0 Å². The van der Waals surface area contributed by atoms with Crippen LogP contribution in [0, 0.1) is 23.4 Å². The summed E-state index contributed by atoms with van der Waals surface area (Å²) in [6, 6.07) is 14.0. The second kappa shape index (κ2) is 12.4.